The van der Waals surface area contributed by atoms with Gasteiger partial charge in [-0.1, -0.05) is 38.3 Å². The van der Waals surface area contributed by atoms with Crippen molar-refractivity contribution in [2.24, 2.45) is 5.92 Å². The van der Waals surface area contributed by atoms with Crippen molar-refractivity contribution in [1.82, 2.24) is 10.2 Å². The predicted octanol–water partition coefficient (Wildman–Crippen LogP) is 3.94. The summed E-state index contributed by atoms with van der Waals surface area (Å²) in [6.45, 7) is 6.00. The van der Waals surface area contributed by atoms with E-state index in [1.807, 2.05) is 0 Å². The van der Waals surface area contributed by atoms with Crippen LogP contribution in [0.3, 0.4) is 0 Å². The molecular formula is C16H26ClFN2. The summed E-state index contributed by atoms with van der Waals surface area (Å²) in [5.74, 6) is 0.395. The number of hydrogen-bond acceptors (Lipinski definition) is 2. The summed E-state index contributed by atoms with van der Waals surface area (Å²) in [5.41, 5.74) is 0.886. The number of halogens is 2. The van der Waals surface area contributed by atoms with Crippen LogP contribution in [0.5, 0.6) is 0 Å². The molecule has 4 heteroatoms. The largest absolute Gasteiger partial charge is 0.311 e. The molecule has 0 aliphatic carbocycles. The van der Waals surface area contributed by atoms with Crippen LogP contribution >= 0.6 is 11.6 Å². The molecule has 0 fully saturated rings. The molecule has 1 aromatic rings. The highest BCUT2D eigenvalue weighted by Crippen LogP contribution is 2.17. The van der Waals surface area contributed by atoms with Crippen LogP contribution in [0.4, 0.5) is 4.39 Å². The van der Waals surface area contributed by atoms with E-state index in [0.717, 1.165) is 12.1 Å². The molecule has 1 aromatic carbocycles. The van der Waals surface area contributed by atoms with Gasteiger partial charge in [-0.3, -0.25) is 0 Å². The molecule has 0 amide bonds. The Morgan fingerprint density at radius 3 is 2.35 bits per heavy atom. The fraction of sp³-hybridized carbons (Fsp3) is 0.625. The molecule has 1 atom stereocenters. The van der Waals surface area contributed by atoms with E-state index in [9.17, 15) is 4.39 Å². The van der Waals surface area contributed by atoms with Gasteiger partial charge in [-0.2, -0.15) is 0 Å². The smallest absolute Gasteiger partial charge is 0.125 e. The van der Waals surface area contributed by atoms with Crippen LogP contribution in [0.15, 0.2) is 18.2 Å². The third-order valence-electron chi connectivity index (χ3n) is 3.86. The summed E-state index contributed by atoms with van der Waals surface area (Å²) in [7, 11) is 4.23. The molecule has 2 nitrogen and oxygen atoms in total. The van der Waals surface area contributed by atoms with Crippen molar-refractivity contribution in [2.45, 2.75) is 39.3 Å². The van der Waals surface area contributed by atoms with Crippen LogP contribution in [0.25, 0.3) is 0 Å². The summed E-state index contributed by atoms with van der Waals surface area (Å²) in [5, 5.41) is 3.87. The second-order valence-corrected chi connectivity index (χ2v) is 5.95. The lowest BCUT2D eigenvalue weighted by Gasteiger charge is -2.31. The van der Waals surface area contributed by atoms with E-state index in [1.165, 1.54) is 25.0 Å². The Kier molecular flexibility index (Phi) is 7.49. The highest BCUT2D eigenvalue weighted by atomic mass is 35.5. The minimum Gasteiger partial charge on any atom is -0.311 e. The summed E-state index contributed by atoms with van der Waals surface area (Å²) in [4.78, 5) is 2.27. The Bertz CT molecular complexity index is 385. The average molecular weight is 301 g/mol. The van der Waals surface area contributed by atoms with E-state index in [0.29, 0.717) is 23.5 Å². The minimum absolute atomic E-state index is 0.279. The number of nitrogens with zero attached hydrogens (tertiary/aromatic N) is 1. The molecule has 0 bridgehead atoms. The lowest BCUT2D eigenvalue weighted by atomic mass is 9.93. The van der Waals surface area contributed by atoms with Gasteiger partial charge in [0, 0.05) is 24.2 Å². The molecule has 0 heterocycles. The Labute approximate surface area is 127 Å². The Morgan fingerprint density at radius 2 is 1.85 bits per heavy atom. The van der Waals surface area contributed by atoms with Gasteiger partial charge in [0.25, 0.3) is 0 Å². The van der Waals surface area contributed by atoms with Crippen LogP contribution in [0.1, 0.15) is 32.3 Å². The molecule has 0 spiro atoms. The molecule has 0 aliphatic heterocycles. The maximum absolute atomic E-state index is 13.3. The highest BCUT2D eigenvalue weighted by molar-refractivity contribution is 6.30. The van der Waals surface area contributed by atoms with Crippen LogP contribution in [0, 0.1) is 11.7 Å². The summed E-state index contributed by atoms with van der Waals surface area (Å²) in [6, 6.07) is 5.16. The molecule has 114 valence electrons. The molecule has 0 aliphatic rings. The van der Waals surface area contributed by atoms with E-state index in [2.05, 4.69) is 38.2 Å². The fourth-order valence-electron chi connectivity index (χ4n) is 2.68. The van der Waals surface area contributed by atoms with Gasteiger partial charge in [0.2, 0.25) is 0 Å². The minimum atomic E-state index is -0.279. The first-order chi connectivity index (χ1) is 9.47. The topological polar surface area (TPSA) is 15.3 Å². The van der Waals surface area contributed by atoms with E-state index in [4.69, 9.17) is 11.6 Å². The Hall–Kier alpha value is -0.640. The van der Waals surface area contributed by atoms with Gasteiger partial charge in [-0.15, -0.1) is 0 Å². The first kappa shape index (κ1) is 17.4. The van der Waals surface area contributed by atoms with Gasteiger partial charge in [0.05, 0.1) is 0 Å². The third-order valence-corrected chi connectivity index (χ3v) is 4.08. The van der Waals surface area contributed by atoms with Crippen molar-refractivity contribution in [3.8, 4) is 0 Å². The van der Waals surface area contributed by atoms with E-state index < -0.39 is 0 Å². The summed E-state index contributed by atoms with van der Waals surface area (Å²) in [6.07, 6.45) is 2.35. The van der Waals surface area contributed by atoms with Gasteiger partial charge in [0.1, 0.15) is 5.82 Å². The zero-order chi connectivity index (χ0) is 15.1. The lowest BCUT2D eigenvalue weighted by Crippen LogP contribution is -2.42. The first-order valence-corrected chi connectivity index (χ1v) is 7.67. The maximum atomic E-state index is 13.3. The second-order valence-electron chi connectivity index (χ2n) is 5.52. The quantitative estimate of drug-likeness (QED) is 0.782. The predicted molar refractivity (Wildman–Crippen MR) is 84.7 cm³/mol. The van der Waals surface area contributed by atoms with Crippen molar-refractivity contribution in [1.29, 1.82) is 0 Å². The van der Waals surface area contributed by atoms with Crippen molar-refractivity contribution in [3.05, 3.63) is 34.6 Å². The SMILES string of the molecule is CCC(CC)C(CNCc1cc(F)cc(Cl)c1)N(C)C. The van der Waals surface area contributed by atoms with Crippen molar-refractivity contribution in [2.75, 3.05) is 20.6 Å². The van der Waals surface area contributed by atoms with E-state index in [1.54, 1.807) is 6.07 Å². The van der Waals surface area contributed by atoms with Crippen molar-refractivity contribution in [3.63, 3.8) is 0 Å². The molecule has 1 rings (SSSR count). The zero-order valence-electron chi connectivity index (χ0n) is 12.9. The van der Waals surface area contributed by atoms with Gasteiger partial charge >= 0.3 is 0 Å². The van der Waals surface area contributed by atoms with Gasteiger partial charge in [-0.25, -0.2) is 4.39 Å². The molecule has 20 heavy (non-hydrogen) atoms. The third kappa shape index (κ3) is 5.39. The van der Waals surface area contributed by atoms with Gasteiger partial charge in [0.15, 0.2) is 0 Å². The van der Waals surface area contributed by atoms with Gasteiger partial charge < -0.3 is 10.2 Å². The van der Waals surface area contributed by atoms with Crippen LogP contribution < -0.4 is 5.32 Å². The first-order valence-electron chi connectivity index (χ1n) is 7.30. The van der Waals surface area contributed by atoms with E-state index >= 15 is 0 Å². The summed E-state index contributed by atoms with van der Waals surface area (Å²) >= 11 is 5.86. The lowest BCUT2D eigenvalue weighted by molar-refractivity contribution is 0.194. The molecular weight excluding hydrogens is 275 g/mol. The molecule has 0 radical (unpaired) electrons. The monoisotopic (exact) mass is 300 g/mol. The fourth-order valence-corrected chi connectivity index (χ4v) is 2.93. The van der Waals surface area contributed by atoms with Crippen molar-refractivity contribution < 1.29 is 4.39 Å². The second kappa shape index (κ2) is 8.60. The Morgan fingerprint density at radius 1 is 1.20 bits per heavy atom. The number of nitrogens with one attached hydrogen (secondary N) is 1. The van der Waals surface area contributed by atoms with Crippen LogP contribution in [-0.2, 0) is 6.54 Å². The van der Waals surface area contributed by atoms with Crippen molar-refractivity contribution >= 4 is 11.6 Å². The highest BCUT2D eigenvalue weighted by Gasteiger charge is 2.19. The molecule has 0 saturated carbocycles. The number of rotatable bonds is 8. The maximum Gasteiger partial charge on any atom is 0.125 e. The number of benzene rings is 1. The number of likely N-dealkylation sites (N-methyl/N-ethyl adjacent to an activating group) is 1. The molecule has 0 saturated heterocycles. The Balaban J connectivity index is 2.55. The molecule has 0 aromatic heterocycles. The zero-order valence-corrected chi connectivity index (χ0v) is 13.7. The van der Waals surface area contributed by atoms with Gasteiger partial charge in [-0.05, 0) is 43.8 Å². The van der Waals surface area contributed by atoms with Crippen LogP contribution in [0.2, 0.25) is 5.02 Å². The van der Waals surface area contributed by atoms with E-state index in [-0.39, 0.29) is 5.82 Å². The standard InChI is InChI=1S/C16H26ClFN2/c1-5-13(6-2)16(20(3)4)11-19-10-12-7-14(17)9-15(18)8-12/h7-9,13,16,19H,5-6,10-11H2,1-4H3. The number of hydrogen-bond donors (Lipinski definition) is 1. The molecule has 1 N–H and O–H groups in total. The molecule has 1 unspecified atom stereocenters. The average Bonchev–Trinajstić information content (AvgIpc) is 2.36. The van der Waals surface area contributed by atoms with Crippen LogP contribution in [-0.4, -0.2) is 31.6 Å². The normalized spacial score (nSPS) is 13.2. The summed E-state index contributed by atoms with van der Waals surface area (Å²) < 4.78 is 13.3.